The molecule has 96 valence electrons. The molecule has 1 rings (SSSR count). The zero-order chi connectivity index (χ0) is 13.2. The van der Waals surface area contributed by atoms with Crippen LogP contribution >= 0.6 is 11.8 Å². The summed E-state index contributed by atoms with van der Waals surface area (Å²) in [5.41, 5.74) is 6.79. The van der Waals surface area contributed by atoms with Crippen LogP contribution in [-0.2, 0) is 10.0 Å². The summed E-state index contributed by atoms with van der Waals surface area (Å²) in [7, 11) is -3.71. The zero-order valence-electron chi connectivity index (χ0n) is 10.2. The van der Waals surface area contributed by atoms with Crippen LogP contribution in [0.1, 0.15) is 19.4 Å². The van der Waals surface area contributed by atoms with Crippen molar-refractivity contribution in [2.24, 2.45) is 11.1 Å². The predicted molar refractivity (Wildman–Crippen MR) is 72.5 cm³/mol. The Morgan fingerprint density at radius 2 is 1.94 bits per heavy atom. The minimum atomic E-state index is -3.71. The number of anilines is 1. The van der Waals surface area contributed by atoms with Gasteiger partial charge in [-0.05, 0) is 30.5 Å². The molecular formula is C11H18N2O2S2. The molecular weight excluding hydrogens is 256 g/mol. The molecule has 0 aromatic heterocycles. The molecule has 0 bridgehead atoms. The average Bonchev–Trinajstić information content (AvgIpc) is 2.17. The molecule has 0 aliphatic rings. The van der Waals surface area contributed by atoms with E-state index in [1.165, 1.54) is 6.07 Å². The summed E-state index contributed by atoms with van der Waals surface area (Å²) in [5.74, 6) is 1.44. The minimum absolute atomic E-state index is 0.115. The molecule has 0 amide bonds. The van der Waals surface area contributed by atoms with Crippen LogP contribution in [0.15, 0.2) is 21.9 Å². The van der Waals surface area contributed by atoms with Gasteiger partial charge >= 0.3 is 0 Å². The Bertz CT molecular complexity index is 510. The van der Waals surface area contributed by atoms with E-state index in [0.717, 1.165) is 10.6 Å². The Morgan fingerprint density at radius 1 is 1.35 bits per heavy atom. The molecule has 0 unspecified atom stereocenters. The summed E-state index contributed by atoms with van der Waals surface area (Å²) >= 11 is 1.60. The molecule has 17 heavy (non-hydrogen) atoms. The van der Waals surface area contributed by atoms with Crippen LogP contribution in [0.25, 0.3) is 0 Å². The van der Waals surface area contributed by atoms with Gasteiger partial charge in [0.05, 0.1) is 4.90 Å². The van der Waals surface area contributed by atoms with Crippen molar-refractivity contribution in [1.29, 1.82) is 0 Å². The van der Waals surface area contributed by atoms with Gasteiger partial charge in [-0.15, -0.1) is 11.8 Å². The average molecular weight is 274 g/mol. The van der Waals surface area contributed by atoms with Crippen molar-refractivity contribution in [3.63, 3.8) is 0 Å². The maximum Gasteiger partial charge on any atom is 0.238 e. The van der Waals surface area contributed by atoms with Crippen molar-refractivity contribution in [3.8, 4) is 0 Å². The second-order valence-electron chi connectivity index (χ2n) is 4.39. The number of thioether (sulfide) groups is 1. The smallest absolute Gasteiger partial charge is 0.238 e. The standard InChI is InChI=1S/C11H18N2O2S2/c1-7(2)6-16-10-4-9(12)5-11(8(10)3)17(13,14)15/h4-5,7H,6,12H2,1-3H3,(H2,13,14,15). The van der Waals surface area contributed by atoms with Gasteiger partial charge in [-0.1, -0.05) is 13.8 Å². The minimum Gasteiger partial charge on any atom is -0.399 e. The summed E-state index contributed by atoms with van der Waals surface area (Å²) in [5, 5.41) is 5.16. The van der Waals surface area contributed by atoms with E-state index in [1.807, 2.05) is 0 Å². The molecule has 0 saturated heterocycles. The van der Waals surface area contributed by atoms with E-state index in [2.05, 4.69) is 13.8 Å². The van der Waals surface area contributed by atoms with Gasteiger partial charge in [0.15, 0.2) is 0 Å². The lowest BCUT2D eigenvalue weighted by Crippen LogP contribution is -2.14. The van der Waals surface area contributed by atoms with E-state index in [4.69, 9.17) is 10.9 Å². The lowest BCUT2D eigenvalue weighted by atomic mass is 10.2. The van der Waals surface area contributed by atoms with E-state index in [-0.39, 0.29) is 4.90 Å². The molecule has 6 heteroatoms. The van der Waals surface area contributed by atoms with Gasteiger partial charge < -0.3 is 5.73 Å². The first kappa shape index (κ1) is 14.3. The molecule has 0 fully saturated rings. The van der Waals surface area contributed by atoms with E-state index >= 15 is 0 Å². The molecule has 0 atom stereocenters. The van der Waals surface area contributed by atoms with E-state index in [0.29, 0.717) is 17.2 Å². The number of nitrogen functional groups attached to an aromatic ring is 1. The Labute approximate surface area is 107 Å². The number of benzene rings is 1. The fourth-order valence-corrected chi connectivity index (χ4v) is 3.34. The summed E-state index contributed by atoms with van der Waals surface area (Å²) in [6.07, 6.45) is 0. The van der Waals surface area contributed by atoms with Gasteiger partial charge in [0.25, 0.3) is 0 Å². The molecule has 4 N–H and O–H groups in total. The molecule has 4 nitrogen and oxygen atoms in total. The number of hydrogen-bond donors (Lipinski definition) is 2. The van der Waals surface area contributed by atoms with E-state index in [1.54, 1.807) is 24.8 Å². The van der Waals surface area contributed by atoms with Crippen molar-refractivity contribution in [3.05, 3.63) is 17.7 Å². The third kappa shape index (κ3) is 3.90. The van der Waals surface area contributed by atoms with Crippen molar-refractivity contribution in [2.75, 3.05) is 11.5 Å². The highest BCUT2D eigenvalue weighted by Gasteiger charge is 2.15. The van der Waals surface area contributed by atoms with Crippen LogP contribution in [0.5, 0.6) is 0 Å². The molecule has 0 aliphatic heterocycles. The number of nitrogens with two attached hydrogens (primary N) is 2. The third-order valence-corrected chi connectivity index (χ3v) is 4.82. The van der Waals surface area contributed by atoms with Crippen LogP contribution in [0, 0.1) is 12.8 Å². The van der Waals surface area contributed by atoms with Crippen molar-refractivity contribution in [1.82, 2.24) is 0 Å². The first-order valence-electron chi connectivity index (χ1n) is 5.27. The summed E-state index contributed by atoms with van der Waals surface area (Å²) in [6, 6.07) is 3.20. The van der Waals surface area contributed by atoms with Gasteiger partial charge in [0.2, 0.25) is 10.0 Å². The van der Waals surface area contributed by atoms with Crippen LogP contribution in [0.4, 0.5) is 5.69 Å². The fourth-order valence-electron chi connectivity index (χ4n) is 1.38. The lowest BCUT2D eigenvalue weighted by molar-refractivity contribution is 0.597. The second kappa shape index (κ2) is 5.29. The second-order valence-corrected chi connectivity index (χ2v) is 6.98. The quantitative estimate of drug-likeness (QED) is 0.649. The first-order chi connectivity index (χ1) is 7.71. The van der Waals surface area contributed by atoms with Crippen LogP contribution in [-0.4, -0.2) is 14.2 Å². The number of primary sulfonamides is 1. The lowest BCUT2D eigenvalue weighted by Gasteiger charge is -2.12. The van der Waals surface area contributed by atoms with E-state index in [9.17, 15) is 8.42 Å². The number of sulfonamides is 1. The van der Waals surface area contributed by atoms with Gasteiger partial charge in [-0.2, -0.15) is 0 Å². The molecule has 0 heterocycles. The van der Waals surface area contributed by atoms with Crippen LogP contribution in [0.3, 0.4) is 0 Å². The SMILES string of the molecule is Cc1c(SCC(C)C)cc(N)cc1S(N)(=O)=O. The highest BCUT2D eigenvalue weighted by Crippen LogP contribution is 2.30. The summed E-state index contributed by atoms with van der Waals surface area (Å²) in [6.45, 7) is 5.96. The third-order valence-electron chi connectivity index (χ3n) is 2.21. The van der Waals surface area contributed by atoms with Crippen LogP contribution in [0.2, 0.25) is 0 Å². The fraction of sp³-hybridized carbons (Fsp3) is 0.455. The van der Waals surface area contributed by atoms with Gasteiger partial charge in [-0.3, -0.25) is 0 Å². The van der Waals surface area contributed by atoms with Gasteiger partial charge in [-0.25, -0.2) is 13.6 Å². The van der Waals surface area contributed by atoms with Crippen molar-refractivity contribution in [2.45, 2.75) is 30.6 Å². The maximum absolute atomic E-state index is 11.4. The van der Waals surface area contributed by atoms with Crippen molar-refractivity contribution >= 4 is 27.5 Å². The monoisotopic (exact) mass is 274 g/mol. The highest BCUT2D eigenvalue weighted by molar-refractivity contribution is 7.99. The predicted octanol–water partition coefficient (Wildman–Crippen LogP) is 1.97. The molecule has 1 aromatic rings. The molecule has 0 aliphatic carbocycles. The molecule has 0 saturated carbocycles. The zero-order valence-corrected chi connectivity index (χ0v) is 11.9. The Hall–Kier alpha value is -0.720. The Balaban J connectivity index is 3.20. The molecule has 1 aromatic carbocycles. The number of rotatable bonds is 4. The Morgan fingerprint density at radius 3 is 2.41 bits per heavy atom. The van der Waals surface area contributed by atoms with Crippen LogP contribution < -0.4 is 10.9 Å². The number of hydrogen-bond acceptors (Lipinski definition) is 4. The topological polar surface area (TPSA) is 86.2 Å². The molecule has 0 radical (unpaired) electrons. The first-order valence-corrected chi connectivity index (χ1v) is 7.80. The largest absolute Gasteiger partial charge is 0.399 e. The van der Waals surface area contributed by atoms with Gasteiger partial charge in [0, 0.05) is 16.3 Å². The summed E-state index contributed by atoms with van der Waals surface area (Å²) in [4.78, 5) is 0.992. The normalized spacial score (nSPS) is 12.1. The van der Waals surface area contributed by atoms with E-state index < -0.39 is 10.0 Å². The Kier molecular flexibility index (Phi) is 4.46. The van der Waals surface area contributed by atoms with Crippen molar-refractivity contribution < 1.29 is 8.42 Å². The molecule has 0 spiro atoms. The van der Waals surface area contributed by atoms with Gasteiger partial charge in [0.1, 0.15) is 0 Å². The highest BCUT2D eigenvalue weighted by atomic mass is 32.2. The summed E-state index contributed by atoms with van der Waals surface area (Å²) < 4.78 is 22.8. The maximum atomic E-state index is 11.4.